The molecule has 0 bridgehead atoms. The molecule has 0 spiro atoms. The monoisotopic (exact) mass is 259 g/mol. The molecule has 6 heteroatoms. The zero-order valence-electron chi connectivity index (χ0n) is 9.50. The minimum atomic E-state index is -0.264. The van der Waals surface area contributed by atoms with Gasteiger partial charge in [0.25, 0.3) is 0 Å². The molecule has 0 radical (unpaired) electrons. The van der Waals surface area contributed by atoms with Gasteiger partial charge >= 0.3 is 0 Å². The summed E-state index contributed by atoms with van der Waals surface area (Å²) in [6.45, 7) is 7.22. The molecule has 0 aliphatic rings. The molecule has 1 N–H and O–H groups in total. The van der Waals surface area contributed by atoms with Crippen molar-refractivity contribution in [3.63, 3.8) is 0 Å². The van der Waals surface area contributed by atoms with Crippen LogP contribution in [-0.2, 0) is 4.74 Å². The molecule has 0 amide bonds. The molecule has 1 aromatic heterocycles. The fourth-order valence-corrected chi connectivity index (χ4v) is 2.12. The van der Waals surface area contributed by atoms with Crippen molar-refractivity contribution in [1.29, 1.82) is 5.26 Å². The Morgan fingerprint density at radius 2 is 2.31 bits per heavy atom. The Morgan fingerprint density at radius 1 is 1.62 bits per heavy atom. The zero-order chi connectivity index (χ0) is 12.2. The van der Waals surface area contributed by atoms with Crippen molar-refractivity contribution in [1.82, 2.24) is 4.98 Å². The standard InChI is InChI=1S/C10H14ClN3OS/c1-4-15-10(2,3)6-13-9-14-8(11)7(5-12)16-9/h4,6H2,1-3H3,(H,13,14). The van der Waals surface area contributed by atoms with Crippen LogP contribution in [0.5, 0.6) is 0 Å². The van der Waals surface area contributed by atoms with Crippen molar-refractivity contribution in [3.8, 4) is 6.07 Å². The van der Waals surface area contributed by atoms with E-state index in [-0.39, 0.29) is 10.8 Å². The van der Waals surface area contributed by atoms with E-state index < -0.39 is 0 Å². The smallest absolute Gasteiger partial charge is 0.185 e. The first-order chi connectivity index (χ1) is 7.48. The van der Waals surface area contributed by atoms with Gasteiger partial charge in [-0.2, -0.15) is 5.26 Å². The Balaban J connectivity index is 2.58. The third-order valence-electron chi connectivity index (χ3n) is 1.89. The Labute approximate surface area is 104 Å². The number of nitrogens with zero attached hydrogens (tertiary/aromatic N) is 2. The van der Waals surface area contributed by atoms with Gasteiger partial charge in [0, 0.05) is 13.2 Å². The maximum Gasteiger partial charge on any atom is 0.185 e. The van der Waals surface area contributed by atoms with E-state index in [1.165, 1.54) is 11.3 Å². The average Bonchev–Trinajstić information content (AvgIpc) is 2.56. The number of thiazole rings is 1. The summed E-state index contributed by atoms with van der Waals surface area (Å²) in [5.41, 5.74) is -0.264. The van der Waals surface area contributed by atoms with Gasteiger partial charge in [-0.1, -0.05) is 22.9 Å². The molecule has 16 heavy (non-hydrogen) atoms. The van der Waals surface area contributed by atoms with E-state index in [4.69, 9.17) is 21.6 Å². The van der Waals surface area contributed by atoms with E-state index in [1.54, 1.807) is 0 Å². The first-order valence-corrected chi connectivity index (χ1v) is 6.12. The first-order valence-electron chi connectivity index (χ1n) is 4.93. The summed E-state index contributed by atoms with van der Waals surface area (Å²) in [6.07, 6.45) is 0. The molecular weight excluding hydrogens is 246 g/mol. The number of ether oxygens (including phenoxy) is 1. The van der Waals surface area contributed by atoms with Crippen LogP contribution in [0, 0.1) is 11.3 Å². The van der Waals surface area contributed by atoms with Crippen molar-refractivity contribution < 1.29 is 4.74 Å². The second-order valence-electron chi connectivity index (χ2n) is 3.80. The van der Waals surface area contributed by atoms with E-state index in [2.05, 4.69) is 10.3 Å². The highest BCUT2D eigenvalue weighted by Gasteiger charge is 2.18. The molecule has 0 saturated carbocycles. The van der Waals surface area contributed by atoms with Gasteiger partial charge in [0.05, 0.1) is 5.60 Å². The number of rotatable bonds is 5. The minimum absolute atomic E-state index is 0.254. The second kappa shape index (κ2) is 5.48. The van der Waals surface area contributed by atoms with Crippen LogP contribution in [0.15, 0.2) is 0 Å². The number of nitrogens with one attached hydrogen (secondary N) is 1. The van der Waals surface area contributed by atoms with Crippen molar-refractivity contribution in [2.75, 3.05) is 18.5 Å². The van der Waals surface area contributed by atoms with Crippen molar-refractivity contribution in [2.24, 2.45) is 0 Å². The number of hydrogen-bond donors (Lipinski definition) is 1. The second-order valence-corrected chi connectivity index (χ2v) is 5.15. The van der Waals surface area contributed by atoms with E-state index in [1.807, 2.05) is 26.8 Å². The number of nitriles is 1. The molecule has 0 aliphatic carbocycles. The summed E-state index contributed by atoms with van der Waals surface area (Å²) < 4.78 is 5.53. The number of anilines is 1. The third-order valence-corrected chi connectivity index (χ3v) is 3.19. The summed E-state index contributed by atoms with van der Waals surface area (Å²) >= 11 is 7.01. The van der Waals surface area contributed by atoms with E-state index >= 15 is 0 Å². The van der Waals surface area contributed by atoms with Crippen LogP contribution in [0.3, 0.4) is 0 Å². The lowest BCUT2D eigenvalue weighted by Gasteiger charge is -2.24. The van der Waals surface area contributed by atoms with Crippen LogP contribution in [0.4, 0.5) is 5.13 Å². The van der Waals surface area contributed by atoms with Gasteiger partial charge in [0.1, 0.15) is 10.9 Å². The summed E-state index contributed by atoms with van der Waals surface area (Å²) in [4.78, 5) is 4.47. The number of hydrogen-bond acceptors (Lipinski definition) is 5. The zero-order valence-corrected chi connectivity index (χ0v) is 11.1. The predicted molar refractivity (Wildman–Crippen MR) is 66.0 cm³/mol. The highest BCUT2D eigenvalue weighted by molar-refractivity contribution is 7.16. The van der Waals surface area contributed by atoms with Gasteiger partial charge in [-0.15, -0.1) is 0 Å². The molecule has 0 aromatic carbocycles. The topological polar surface area (TPSA) is 57.9 Å². The average molecular weight is 260 g/mol. The summed E-state index contributed by atoms with van der Waals surface area (Å²) in [6, 6.07) is 1.99. The van der Waals surface area contributed by atoms with Crippen molar-refractivity contribution in [2.45, 2.75) is 26.4 Å². The maximum absolute atomic E-state index is 8.73. The van der Waals surface area contributed by atoms with Gasteiger partial charge in [0.15, 0.2) is 10.3 Å². The first kappa shape index (κ1) is 13.2. The van der Waals surface area contributed by atoms with Crippen molar-refractivity contribution in [3.05, 3.63) is 10.0 Å². The quantitative estimate of drug-likeness (QED) is 0.883. The predicted octanol–water partition coefficient (Wildman–Crippen LogP) is 2.90. The fraction of sp³-hybridized carbons (Fsp3) is 0.600. The normalized spacial score (nSPS) is 11.2. The maximum atomic E-state index is 8.73. The third kappa shape index (κ3) is 3.63. The Bertz CT molecular complexity index is 397. The lowest BCUT2D eigenvalue weighted by molar-refractivity contribution is 0.000696. The van der Waals surface area contributed by atoms with Gasteiger partial charge in [-0.25, -0.2) is 4.98 Å². The summed E-state index contributed by atoms with van der Waals surface area (Å²) in [7, 11) is 0. The lowest BCUT2D eigenvalue weighted by atomic mass is 10.1. The van der Waals surface area contributed by atoms with E-state index in [9.17, 15) is 0 Å². The SMILES string of the molecule is CCOC(C)(C)CNc1nc(Cl)c(C#N)s1. The fourth-order valence-electron chi connectivity index (χ4n) is 1.18. The number of aromatic nitrogens is 1. The van der Waals surface area contributed by atoms with Crippen molar-refractivity contribution >= 4 is 28.1 Å². The van der Waals surface area contributed by atoms with Crippen LogP contribution in [-0.4, -0.2) is 23.7 Å². The van der Waals surface area contributed by atoms with Gasteiger partial charge in [-0.3, -0.25) is 0 Å². The van der Waals surface area contributed by atoms with Crippen LogP contribution in [0.1, 0.15) is 25.6 Å². The van der Waals surface area contributed by atoms with Gasteiger partial charge in [-0.05, 0) is 20.8 Å². The van der Waals surface area contributed by atoms with Crippen LogP contribution >= 0.6 is 22.9 Å². The lowest BCUT2D eigenvalue weighted by Crippen LogP contribution is -2.33. The molecule has 1 rings (SSSR count). The van der Waals surface area contributed by atoms with Crippen LogP contribution in [0.25, 0.3) is 0 Å². The molecule has 0 atom stereocenters. The molecular formula is C10H14ClN3OS. The van der Waals surface area contributed by atoms with Crippen LogP contribution < -0.4 is 5.32 Å². The summed E-state index contributed by atoms with van der Waals surface area (Å²) in [5, 5.41) is 12.7. The number of halogens is 1. The molecule has 0 unspecified atom stereocenters. The largest absolute Gasteiger partial charge is 0.374 e. The van der Waals surface area contributed by atoms with Crippen LogP contribution in [0.2, 0.25) is 5.15 Å². The summed E-state index contributed by atoms with van der Waals surface area (Å²) in [5.74, 6) is 0. The molecule has 0 saturated heterocycles. The molecule has 88 valence electrons. The molecule has 4 nitrogen and oxygen atoms in total. The minimum Gasteiger partial charge on any atom is -0.374 e. The molecule has 0 aliphatic heterocycles. The van der Waals surface area contributed by atoms with Gasteiger partial charge < -0.3 is 10.1 Å². The van der Waals surface area contributed by atoms with E-state index in [0.29, 0.717) is 23.2 Å². The Hall–Kier alpha value is -0.830. The Kier molecular flexibility index (Phi) is 4.54. The Morgan fingerprint density at radius 3 is 2.81 bits per heavy atom. The van der Waals surface area contributed by atoms with E-state index in [0.717, 1.165) is 0 Å². The van der Waals surface area contributed by atoms with Gasteiger partial charge in [0.2, 0.25) is 0 Å². The molecule has 1 heterocycles. The molecule has 0 fully saturated rings. The molecule has 1 aromatic rings. The highest BCUT2D eigenvalue weighted by atomic mass is 35.5. The highest BCUT2D eigenvalue weighted by Crippen LogP contribution is 2.26.